The fourth-order valence-corrected chi connectivity index (χ4v) is 1.72. The lowest BCUT2D eigenvalue weighted by Gasteiger charge is -2.05. The fraction of sp³-hybridized carbons (Fsp3) is 0.286. The van der Waals surface area contributed by atoms with Gasteiger partial charge in [-0.25, -0.2) is 4.98 Å². The molecule has 0 aliphatic rings. The minimum Gasteiger partial charge on any atom is -0.311 e. The highest BCUT2D eigenvalue weighted by atomic mass is 16.1. The Balaban J connectivity index is 2.24. The van der Waals surface area contributed by atoms with Crippen LogP contribution in [0.15, 0.2) is 41.2 Å². The van der Waals surface area contributed by atoms with Crippen LogP contribution < -0.4 is 10.9 Å². The summed E-state index contributed by atoms with van der Waals surface area (Å²) in [6.45, 7) is 3.65. The van der Waals surface area contributed by atoms with E-state index in [0.717, 1.165) is 24.2 Å². The van der Waals surface area contributed by atoms with E-state index >= 15 is 0 Å². The molecule has 4 nitrogen and oxygen atoms in total. The summed E-state index contributed by atoms with van der Waals surface area (Å²) in [7, 11) is 0. The zero-order chi connectivity index (χ0) is 12.8. The number of hydrogen-bond donors (Lipinski definition) is 2. The van der Waals surface area contributed by atoms with Gasteiger partial charge in [0.2, 0.25) is 0 Å². The van der Waals surface area contributed by atoms with Crippen molar-refractivity contribution in [2.45, 2.75) is 19.9 Å². The molecule has 0 unspecified atom stereocenters. The standard InChI is InChI=1S/C14H17N3O/c1-2-8-15-10-12-9-13(18)17-14(16-12)11-6-4-3-5-7-11/h3-7,9,15H,2,8,10H2,1H3,(H,16,17,18). The minimum atomic E-state index is -0.114. The summed E-state index contributed by atoms with van der Waals surface area (Å²) >= 11 is 0. The van der Waals surface area contributed by atoms with Crippen LogP contribution in [0.3, 0.4) is 0 Å². The first-order valence-electron chi connectivity index (χ1n) is 6.16. The predicted octanol–water partition coefficient (Wildman–Crippen LogP) is 1.94. The fourth-order valence-electron chi connectivity index (χ4n) is 1.72. The van der Waals surface area contributed by atoms with Crippen molar-refractivity contribution in [3.63, 3.8) is 0 Å². The number of H-pyrrole nitrogens is 1. The van der Waals surface area contributed by atoms with Crippen molar-refractivity contribution >= 4 is 0 Å². The maximum atomic E-state index is 11.6. The number of nitrogens with one attached hydrogen (secondary N) is 2. The van der Waals surface area contributed by atoms with E-state index in [1.807, 2.05) is 30.3 Å². The lowest BCUT2D eigenvalue weighted by Crippen LogP contribution is -2.18. The van der Waals surface area contributed by atoms with Crippen molar-refractivity contribution in [2.24, 2.45) is 0 Å². The third-order valence-corrected chi connectivity index (χ3v) is 2.57. The molecule has 1 aromatic heterocycles. The summed E-state index contributed by atoms with van der Waals surface area (Å²) in [5.74, 6) is 0.622. The molecule has 0 fully saturated rings. The van der Waals surface area contributed by atoms with Gasteiger partial charge in [-0.2, -0.15) is 0 Å². The Hall–Kier alpha value is -1.94. The highest BCUT2D eigenvalue weighted by Gasteiger charge is 2.03. The van der Waals surface area contributed by atoms with Gasteiger partial charge in [0.15, 0.2) is 0 Å². The van der Waals surface area contributed by atoms with Crippen molar-refractivity contribution in [1.82, 2.24) is 15.3 Å². The first-order valence-corrected chi connectivity index (χ1v) is 6.16. The second-order valence-electron chi connectivity index (χ2n) is 4.13. The third kappa shape index (κ3) is 3.28. The average molecular weight is 243 g/mol. The van der Waals surface area contributed by atoms with Crippen LogP contribution in [-0.2, 0) is 6.54 Å². The van der Waals surface area contributed by atoms with Gasteiger partial charge in [-0.1, -0.05) is 37.3 Å². The largest absolute Gasteiger partial charge is 0.311 e. The monoisotopic (exact) mass is 243 g/mol. The summed E-state index contributed by atoms with van der Waals surface area (Å²) in [5, 5.41) is 3.24. The SMILES string of the molecule is CCCNCc1cc(=O)[nH]c(-c2ccccc2)n1. The van der Waals surface area contributed by atoms with E-state index in [2.05, 4.69) is 22.2 Å². The Kier molecular flexibility index (Phi) is 4.25. The van der Waals surface area contributed by atoms with Crippen molar-refractivity contribution in [3.05, 3.63) is 52.4 Å². The molecule has 2 N–H and O–H groups in total. The van der Waals surface area contributed by atoms with Crippen molar-refractivity contribution in [1.29, 1.82) is 0 Å². The van der Waals surface area contributed by atoms with E-state index in [1.54, 1.807) is 0 Å². The maximum absolute atomic E-state index is 11.6. The number of aromatic amines is 1. The van der Waals surface area contributed by atoms with Gasteiger partial charge in [-0.3, -0.25) is 4.79 Å². The van der Waals surface area contributed by atoms with E-state index in [1.165, 1.54) is 6.07 Å². The molecule has 0 aliphatic carbocycles. The molecule has 1 aromatic carbocycles. The molecule has 0 aliphatic heterocycles. The van der Waals surface area contributed by atoms with Crippen LogP contribution in [0.2, 0.25) is 0 Å². The molecule has 94 valence electrons. The molecule has 0 spiro atoms. The van der Waals surface area contributed by atoms with Crippen LogP contribution in [0.1, 0.15) is 19.0 Å². The second kappa shape index (κ2) is 6.12. The lowest BCUT2D eigenvalue weighted by atomic mass is 10.2. The summed E-state index contributed by atoms with van der Waals surface area (Å²) in [4.78, 5) is 18.8. The molecule has 0 saturated heterocycles. The van der Waals surface area contributed by atoms with Crippen molar-refractivity contribution in [2.75, 3.05) is 6.54 Å². The smallest absolute Gasteiger partial charge is 0.251 e. The van der Waals surface area contributed by atoms with Crippen molar-refractivity contribution < 1.29 is 0 Å². The van der Waals surface area contributed by atoms with E-state index in [0.29, 0.717) is 12.4 Å². The van der Waals surface area contributed by atoms with E-state index < -0.39 is 0 Å². The van der Waals surface area contributed by atoms with Gasteiger partial charge in [0.1, 0.15) is 5.82 Å². The summed E-state index contributed by atoms with van der Waals surface area (Å²) in [6.07, 6.45) is 1.06. The minimum absolute atomic E-state index is 0.114. The number of benzene rings is 1. The molecule has 0 amide bonds. The summed E-state index contributed by atoms with van der Waals surface area (Å²) < 4.78 is 0. The number of hydrogen-bond acceptors (Lipinski definition) is 3. The van der Waals surface area contributed by atoms with Gasteiger partial charge < -0.3 is 10.3 Å². The molecule has 0 saturated carbocycles. The third-order valence-electron chi connectivity index (χ3n) is 2.57. The van der Waals surface area contributed by atoms with E-state index in [-0.39, 0.29) is 5.56 Å². The van der Waals surface area contributed by atoms with Crippen LogP contribution in [0.4, 0.5) is 0 Å². The number of rotatable bonds is 5. The highest BCUT2D eigenvalue weighted by molar-refractivity contribution is 5.54. The maximum Gasteiger partial charge on any atom is 0.251 e. The topological polar surface area (TPSA) is 57.8 Å². The Morgan fingerprint density at radius 2 is 2.06 bits per heavy atom. The zero-order valence-corrected chi connectivity index (χ0v) is 10.4. The number of aromatic nitrogens is 2. The molecule has 0 radical (unpaired) electrons. The van der Waals surface area contributed by atoms with Gasteiger partial charge in [0.25, 0.3) is 5.56 Å². The van der Waals surface area contributed by atoms with Crippen LogP contribution in [0.25, 0.3) is 11.4 Å². The van der Waals surface area contributed by atoms with Crippen LogP contribution >= 0.6 is 0 Å². The normalized spacial score (nSPS) is 10.5. The first kappa shape index (κ1) is 12.5. The van der Waals surface area contributed by atoms with Gasteiger partial charge >= 0.3 is 0 Å². The number of nitrogens with zero attached hydrogens (tertiary/aromatic N) is 1. The average Bonchev–Trinajstić information content (AvgIpc) is 2.39. The first-order chi connectivity index (χ1) is 8.79. The van der Waals surface area contributed by atoms with Crippen LogP contribution in [0, 0.1) is 0 Å². The van der Waals surface area contributed by atoms with Crippen LogP contribution in [-0.4, -0.2) is 16.5 Å². The second-order valence-corrected chi connectivity index (χ2v) is 4.13. The summed E-state index contributed by atoms with van der Waals surface area (Å²) in [6, 6.07) is 11.2. The van der Waals surface area contributed by atoms with Gasteiger partial charge in [0, 0.05) is 18.2 Å². The molecule has 0 bridgehead atoms. The van der Waals surface area contributed by atoms with Gasteiger partial charge in [-0.15, -0.1) is 0 Å². The molecule has 1 heterocycles. The zero-order valence-electron chi connectivity index (χ0n) is 10.4. The Labute approximate surface area is 106 Å². The van der Waals surface area contributed by atoms with E-state index in [4.69, 9.17) is 0 Å². The lowest BCUT2D eigenvalue weighted by molar-refractivity contribution is 0.662. The molecule has 18 heavy (non-hydrogen) atoms. The van der Waals surface area contributed by atoms with Gasteiger partial charge in [0.05, 0.1) is 5.69 Å². The molecule has 2 aromatic rings. The Bertz CT molecular complexity index is 548. The molecule has 0 atom stereocenters. The molecule has 2 rings (SSSR count). The van der Waals surface area contributed by atoms with E-state index in [9.17, 15) is 4.79 Å². The Morgan fingerprint density at radius 3 is 2.78 bits per heavy atom. The predicted molar refractivity (Wildman–Crippen MR) is 72.3 cm³/mol. The molecular formula is C14H17N3O. The molecular weight excluding hydrogens is 226 g/mol. The highest BCUT2D eigenvalue weighted by Crippen LogP contribution is 2.12. The molecule has 4 heteroatoms. The quantitative estimate of drug-likeness (QED) is 0.789. The van der Waals surface area contributed by atoms with Gasteiger partial charge in [-0.05, 0) is 13.0 Å². The Morgan fingerprint density at radius 1 is 1.28 bits per heavy atom. The van der Waals surface area contributed by atoms with Crippen molar-refractivity contribution in [3.8, 4) is 11.4 Å². The van der Waals surface area contributed by atoms with Crippen LogP contribution in [0.5, 0.6) is 0 Å². The summed E-state index contributed by atoms with van der Waals surface area (Å²) in [5.41, 5.74) is 1.58.